The number of aryl methyl sites for hydroxylation is 1. The van der Waals surface area contributed by atoms with Crippen molar-refractivity contribution in [2.45, 2.75) is 80.1 Å². The van der Waals surface area contributed by atoms with Crippen molar-refractivity contribution in [3.63, 3.8) is 0 Å². The molecule has 2 aromatic rings. The van der Waals surface area contributed by atoms with Gasteiger partial charge in [0.05, 0.1) is 8.07 Å². The van der Waals surface area contributed by atoms with E-state index in [-0.39, 0.29) is 5.04 Å². The first kappa shape index (κ1) is 24.0. The van der Waals surface area contributed by atoms with Gasteiger partial charge in [0.2, 0.25) is 0 Å². The van der Waals surface area contributed by atoms with Gasteiger partial charge in [-0.25, -0.2) is 0 Å². The molecule has 1 aliphatic rings. The van der Waals surface area contributed by atoms with E-state index in [0.717, 1.165) is 0 Å². The number of rotatable bonds is 4. The highest BCUT2D eigenvalue weighted by atomic mass is 28.3. The molecule has 0 nitrogen and oxygen atoms in total. The molecule has 0 radical (unpaired) electrons. The highest BCUT2D eigenvalue weighted by molar-refractivity contribution is 7.09. The molecule has 0 bridgehead atoms. The van der Waals surface area contributed by atoms with Crippen molar-refractivity contribution in [2.24, 2.45) is 5.92 Å². The summed E-state index contributed by atoms with van der Waals surface area (Å²) >= 11 is 0. The van der Waals surface area contributed by atoms with E-state index in [1.54, 1.807) is 31.9 Å². The lowest BCUT2D eigenvalue weighted by atomic mass is 10.1. The molecule has 0 saturated carbocycles. The smallest absolute Gasteiger partial charge is 0.0656 e. The predicted octanol–water partition coefficient (Wildman–Crippen LogP) is 6.75. The van der Waals surface area contributed by atoms with Crippen molar-refractivity contribution < 1.29 is 0 Å². The SMILES string of the molecule is CC1=C(C)C(C)C([Si](c2ccccc2)(c2cc(C)cc([Si](C)(C)C)c2)C(C)(C)C)=C1C. The molecule has 0 N–H and O–H groups in total. The van der Waals surface area contributed by atoms with Gasteiger partial charge in [-0.2, -0.15) is 0 Å². The molecule has 0 spiro atoms. The Hall–Kier alpha value is -1.65. The maximum atomic E-state index is 2.62. The Labute approximate surface area is 193 Å². The lowest BCUT2D eigenvalue weighted by Crippen LogP contribution is -2.67. The fourth-order valence-corrected chi connectivity index (χ4v) is 13.9. The van der Waals surface area contributed by atoms with Crippen molar-refractivity contribution in [1.29, 1.82) is 0 Å². The summed E-state index contributed by atoms with van der Waals surface area (Å²) in [6.45, 7) is 26.8. The molecule has 0 aliphatic heterocycles. The van der Waals surface area contributed by atoms with E-state index in [2.05, 4.69) is 124 Å². The summed E-state index contributed by atoms with van der Waals surface area (Å²) in [4.78, 5) is 0. The Balaban J connectivity index is 2.52. The van der Waals surface area contributed by atoms with Gasteiger partial charge in [-0.15, -0.1) is 0 Å². The predicted molar refractivity (Wildman–Crippen MR) is 146 cm³/mol. The maximum Gasteiger partial charge on any atom is 0.150 e. The minimum Gasteiger partial charge on any atom is -0.0656 e. The van der Waals surface area contributed by atoms with Crippen molar-refractivity contribution in [3.05, 3.63) is 76.0 Å². The highest BCUT2D eigenvalue weighted by Crippen LogP contribution is 2.49. The first-order chi connectivity index (χ1) is 14.2. The minimum absolute atomic E-state index is 0.147. The van der Waals surface area contributed by atoms with Crippen LogP contribution in [0.25, 0.3) is 0 Å². The first-order valence-corrected chi connectivity index (χ1v) is 17.3. The summed E-state index contributed by atoms with van der Waals surface area (Å²) < 4.78 is 0. The summed E-state index contributed by atoms with van der Waals surface area (Å²) in [5.41, 5.74) is 6.03. The zero-order chi connectivity index (χ0) is 23.4. The second kappa shape index (κ2) is 8.04. The van der Waals surface area contributed by atoms with Gasteiger partial charge in [0, 0.05) is 0 Å². The standard InChI is InChI=1S/C29H42Si2/c1-20-17-26(30(9,10)11)19-27(18-20)31(29(6,7)8,25-15-13-12-14-16-25)28-23(4)21(2)22(3)24(28)5/h12-19,23H,1-11H3. The third-order valence-corrected chi connectivity index (χ3v) is 16.0. The van der Waals surface area contributed by atoms with E-state index in [1.807, 2.05) is 0 Å². The molecular weight excluding hydrogens is 404 g/mol. The van der Waals surface area contributed by atoms with Crippen molar-refractivity contribution in [2.75, 3.05) is 0 Å². The zero-order valence-electron chi connectivity index (χ0n) is 21.7. The van der Waals surface area contributed by atoms with Crippen LogP contribution in [0.2, 0.25) is 24.7 Å². The van der Waals surface area contributed by atoms with Crippen LogP contribution in [0.4, 0.5) is 0 Å². The normalized spacial score (nSPS) is 19.8. The lowest BCUT2D eigenvalue weighted by molar-refractivity contribution is 0.721. The van der Waals surface area contributed by atoms with Crippen molar-refractivity contribution >= 4 is 31.7 Å². The summed E-state index contributed by atoms with van der Waals surface area (Å²) in [7, 11) is -3.75. The largest absolute Gasteiger partial charge is 0.150 e. The minimum atomic E-state index is -2.31. The van der Waals surface area contributed by atoms with Crippen molar-refractivity contribution in [3.8, 4) is 0 Å². The number of allylic oxidation sites excluding steroid dienone is 4. The monoisotopic (exact) mass is 446 g/mol. The first-order valence-electron chi connectivity index (χ1n) is 11.8. The molecule has 0 saturated heterocycles. The number of hydrogen-bond acceptors (Lipinski definition) is 0. The third kappa shape index (κ3) is 3.87. The van der Waals surface area contributed by atoms with E-state index in [0.29, 0.717) is 5.92 Å². The number of hydrogen-bond donors (Lipinski definition) is 0. The van der Waals surface area contributed by atoms with Gasteiger partial charge in [-0.1, -0.05) is 123 Å². The molecule has 2 aromatic carbocycles. The average molecular weight is 447 g/mol. The molecule has 0 fully saturated rings. The van der Waals surface area contributed by atoms with Gasteiger partial charge in [-0.3, -0.25) is 0 Å². The van der Waals surface area contributed by atoms with Gasteiger partial charge in [0.15, 0.2) is 0 Å². The fraction of sp³-hybridized carbons (Fsp3) is 0.448. The molecular formula is C29H42Si2. The van der Waals surface area contributed by atoms with Crippen LogP contribution in [0.5, 0.6) is 0 Å². The highest BCUT2D eigenvalue weighted by Gasteiger charge is 2.54. The molecule has 2 unspecified atom stereocenters. The molecule has 0 heterocycles. The van der Waals surface area contributed by atoms with Gasteiger partial charge in [0.1, 0.15) is 8.07 Å². The molecule has 2 atom stereocenters. The second-order valence-corrected chi connectivity index (χ2v) is 21.5. The maximum absolute atomic E-state index is 2.62. The van der Waals surface area contributed by atoms with E-state index >= 15 is 0 Å². The topological polar surface area (TPSA) is 0 Å². The van der Waals surface area contributed by atoms with Gasteiger partial charge < -0.3 is 0 Å². The van der Waals surface area contributed by atoms with E-state index in [9.17, 15) is 0 Å². The summed E-state index contributed by atoms with van der Waals surface area (Å²) in [5.74, 6) is 0.502. The van der Waals surface area contributed by atoms with E-state index in [1.165, 1.54) is 11.1 Å². The molecule has 1 aliphatic carbocycles. The van der Waals surface area contributed by atoms with Gasteiger partial charge >= 0.3 is 0 Å². The second-order valence-electron chi connectivity index (χ2n) is 11.8. The van der Waals surface area contributed by atoms with E-state index < -0.39 is 16.1 Å². The van der Waals surface area contributed by atoms with Crippen LogP contribution in [-0.2, 0) is 0 Å². The van der Waals surface area contributed by atoms with Crippen LogP contribution in [-0.4, -0.2) is 16.1 Å². The third-order valence-electron chi connectivity index (χ3n) is 7.75. The Bertz CT molecular complexity index is 1040. The molecule has 166 valence electrons. The summed E-state index contributed by atoms with van der Waals surface area (Å²) in [6, 6.07) is 19.1. The summed E-state index contributed by atoms with van der Waals surface area (Å²) in [6.07, 6.45) is 0. The Morgan fingerprint density at radius 3 is 1.71 bits per heavy atom. The average Bonchev–Trinajstić information content (AvgIpc) is 2.85. The van der Waals surface area contributed by atoms with E-state index in [4.69, 9.17) is 0 Å². The van der Waals surface area contributed by atoms with Crippen LogP contribution in [0.1, 0.15) is 54.0 Å². The lowest BCUT2D eigenvalue weighted by Gasteiger charge is -2.48. The Morgan fingerprint density at radius 1 is 0.710 bits per heavy atom. The van der Waals surface area contributed by atoms with Crippen LogP contribution in [0, 0.1) is 12.8 Å². The molecule has 2 heteroatoms. The Morgan fingerprint density at radius 2 is 1.26 bits per heavy atom. The van der Waals surface area contributed by atoms with Crippen LogP contribution < -0.4 is 15.6 Å². The molecule has 3 rings (SSSR count). The van der Waals surface area contributed by atoms with Crippen molar-refractivity contribution in [1.82, 2.24) is 0 Å². The Kier molecular flexibility index (Phi) is 6.23. The molecule has 31 heavy (non-hydrogen) atoms. The summed E-state index contributed by atoms with van der Waals surface area (Å²) in [5, 5.41) is 6.62. The quantitative estimate of drug-likeness (QED) is 0.456. The fourth-order valence-electron chi connectivity index (χ4n) is 5.84. The number of benzene rings is 2. The molecule has 0 amide bonds. The molecule has 0 aromatic heterocycles. The van der Waals surface area contributed by atoms with Gasteiger partial charge in [-0.05, 0) is 54.6 Å². The van der Waals surface area contributed by atoms with Crippen LogP contribution in [0.3, 0.4) is 0 Å². The van der Waals surface area contributed by atoms with Crippen LogP contribution in [0.15, 0.2) is 70.4 Å². The van der Waals surface area contributed by atoms with Gasteiger partial charge in [0.25, 0.3) is 0 Å². The zero-order valence-corrected chi connectivity index (χ0v) is 23.7. The van der Waals surface area contributed by atoms with Crippen LogP contribution >= 0.6 is 0 Å².